The lowest BCUT2D eigenvalue weighted by atomic mass is 9.91. The number of nitriles is 1. The van der Waals surface area contributed by atoms with E-state index >= 15 is 0 Å². The number of hydrogen-bond acceptors (Lipinski definition) is 2. The fourth-order valence-electron chi connectivity index (χ4n) is 2.81. The number of fused-ring (bicyclic) bond motifs is 1. The Hall–Kier alpha value is -2.79. The van der Waals surface area contributed by atoms with Crippen LogP contribution in [0.25, 0.3) is 10.8 Å². The van der Waals surface area contributed by atoms with Gasteiger partial charge in [0.15, 0.2) is 0 Å². The van der Waals surface area contributed by atoms with E-state index in [1.165, 1.54) is 16.5 Å². The Morgan fingerprint density at radius 2 is 1.82 bits per heavy atom. The maximum absolute atomic E-state index is 8.85. The molecule has 0 aliphatic heterocycles. The fraction of sp³-hybridized carbons (Fsp3) is 0.150. The summed E-state index contributed by atoms with van der Waals surface area (Å²) in [6.45, 7) is 2.22. The van der Waals surface area contributed by atoms with Gasteiger partial charge in [0.25, 0.3) is 0 Å². The first-order valence-corrected chi connectivity index (χ1v) is 7.44. The van der Waals surface area contributed by atoms with E-state index in [4.69, 9.17) is 11.0 Å². The van der Waals surface area contributed by atoms with Crippen LogP contribution in [0.4, 0.5) is 5.69 Å². The number of hydrogen-bond donors (Lipinski definition) is 1. The van der Waals surface area contributed by atoms with Gasteiger partial charge in [0, 0.05) is 11.1 Å². The molecule has 3 rings (SSSR count). The molecular weight excluding hydrogens is 268 g/mol. The lowest BCUT2D eigenvalue weighted by molar-refractivity contribution is 0.760. The molecule has 22 heavy (non-hydrogen) atoms. The van der Waals surface area contributed by atoms with E-state index < -0.39 is 0 Å². The van der Waals surface area contributed by atoms with E-state index in [0.29, 0.717) is 11.5 Å². The zero-order valence-corrected chi connectivity index (χ0v) is 12.6. The van der Waals surface area contributed by atoms with Crippen LogP contribution in [0, 0.1) is 11.3 Å². The number of rotatable bonds is 3. The van der Waals surface area contributed by atoms with Crippen molar-refractivity contribution in [3.05, 3.63) is 77.4 Å². The number of nitrogen functional groups attached to an aromatic ring is 1. The molecular formula is C20H18N2. The third-order valence-electron chi connectivity index (χ3n) is 4.13. The Kier molecular flexibility index (Phi) is 3.80. The van der Waals surface area contributed by atoms with Crippen molar-refractivity contribution in [3.8, 4) is 6.07 Å². The highest BCUT2D eigenvalue weighted by atomic mass is 14.5. The zero-order valence-electron chi connectivity index (χ0n) is 12.6. The average molecular weight is 286 g/mol. The number of nitrogens with two attached hydrogens (primary N) is 1. The van der Waals surface area contributed by atoms with Gasteiger partial charge in [-0.2, -0.15) is 5.26 Å². The molecule has 2 nitrogen and oxygen atoms in total. The zero-order chi connectivity index (χ0) is 15.5. The van der Waals surface area contributed by atoms with Crippen molar-refractivity contribution in [3.63, 3.8) is 0 Å². The van der Waals surface area contributed by atoms with Crippen LogP contribution in [-0.2, 0) is 6.42 Å². The minimum Gasteiger partial charge on any atom is -0.398 e. The largest absolute Gasteiger partial charge is 0.398 e. The summed E-state index contributed by atoms with van der Waals surface area (Å²) in [6, 6.07) is 22.5. The number of nitrogens with zero attached hydrogens (tertiary/aromatic N) is 1. The highest BCUT2D eigenvalue weighted by Crippen LogP contribution is 2.27. The molecule has 0 aliphatic carbocycles. The van der Waals surface area contributed by atoms with Gasteiger partial charge < -0.3 is 5.73 Å². The van der Waals surface area contributed by atoms with E-state index in [2.05, 4.69) is 37.3 Å². The molecule has 0 saturated carbocycles. The third-order valence-corrected chi connectivity index (χ3v) is 4.13. The first-order chi connectivity index (χ1) is 10.7. The van der Waals surface area contributed by atoms with E-state index in [1.807, 2.05) is 36.4 Å². The summed E-state index contributed by atoms with van der Waals surface area (Å²) >= 11 is 0. The molecule has 0 bridgehead atoms. The van der Waals surface area contributed by atoms with E-state index in [0.717, 1.165) is 17.5 Å². The van der Waals surface area contributed by atoms with Gasteiger partial charge in [0.2, 0.25) is 0 Å². The highest BCUT2D eigenvalue weighted by Gasteiger charge is 2.08. The number of anilines is 1. The molecule has 2 N–H and O–H groups in total. The quantitative estimate of drug-likeness (QED) is 0.713. The molecule has 1 unspecified atom stereocenters. The van der Waals surface area contributed by atoms with Gasteiger partial charge in [-0.05, 0) is 53.1 Å². The summed E-state index contributed by atoms with van der Waals surface area (Å²) < 4.78 is 0. The van der Waals surface area contributed by atoms with E-state index in [-0.39, 0.29) is 0 Å². The Bertz CT molecular complexity index is 842. The molecule has 0 spiro atoms. The SMILES string of the molecule is CC(Cc1ccc(C#N)cc1)c1ccc2cccc(N)c2c1. The van der Waals surface area contributed by atoms with Crippen LogP contribution in [-0.4, -0.2) is 0 Å². The molecule has 0 aliphatic rings. The second-order valence-corrected chi connectivity index (χ2v) is 5.74. The Morgan fingerprint density at radius 3 is 2.55 bits per heavy atom. The molecule has 108 valence electrons. The van der Waals surface area contributed by atoms with Gasteiger partial charge in [-0.1, -0.05) is 43.3 Å². The molecule has 3 aromatic rings. The maximum Gasteiger partial charge on any atom is 0.0991 e. The van der Waals surface area contributed by atoms with Crippen LogP contribution in [0.2, 0.25) is 0 Å². The summed E-state index contributed by atoms with van der Waals surface area (Å²) in [7, 11) is 0. The first-order valence-electron chi connectivity index (χ1n) is 7.44. The molecule has 2 heteroatoms. The van der Waals surface area contributed by atoms with Crippen molar-refractivity contribution in [2.75, 3.05) is 5.73 Å². The van der Waals surface area contributed by atoms with Crippen molar-refractivity contribution in [2.24, 2.45) is 0 Å². The van der Waals surface area contributed by atoms with Crippen LogP contribution >= 0.6 is 0 Å². The van der Waals surface area contributed by atoms with E-state index in [9.17, 15) is 0 Å². The molecule has 3 aromatic carbocycles. The van der Waals surface area contributed by atoms with Gasteiger partial charge in [-0.15, -0.1) is 0 Å². The van der Waals surface area contributed by atoms with Crippen LogP contribution < -0.4 is 5.73 Å². The van der Waals surface area contributed by atoms with Crippen molar-refractivity contribution < 1.29 is 0 Å². The molecule has 0 heterocycles. The van der Waals surface area contributed by atoms with Crippen LogP contribution in [0.1, 0.15) is 29.5 Å². The smallest absolute Gasteiger partial charge is 0.0991 e. The fourth-order valence-corrected chi connectivity index (χ4v) is 2.81. The monoisotopic (exact) mass is 286 g/mol. The average Bonchev–Trinajstić information content (AvgIpc) is 2.55. The van der Waals surface area contributed by atoms with Gasteiger partial charge in [0.05, 0.1) is 11.6 Å². The summed E-state index contributed by atoms with van der Waals surface area (Å²) in [5.74, 6) is 0.400. The lowest BCUT2D eigenvalue weighted by Gasteiger charge is -2.14. The van der Waals surface area contributed by atoms with Crippen LogP contribution in [0.3, 0.4) is 0 Å². The molecule has 0 radical (unpaired) electrons. The van der Waals surface area contributed by atoms with Gasteiger partial charge in [-0.3, -0.25) is 0 Å². The molecule has 0 saturated heterocycles. The highest BCUT2D eigenvalue weighted by molar-refractivity contribution is 5.93. The molecule has 0 aromatic heterocycles. The van der Waals surface area contributed by atoms with Crippen molar-refractivity contribution >= 4 is 16.5 Å². The van der Waals surface area contributed by atoms with Crippen molar-refractivity contribution in [1.82, 2.24) is 0 Å². The van der Waals surface area contributed by atoms with Gasteiger partial charge >= 0.3 is 0 Å². The van der Waals surface area contributed by atoms with Crippen molar-refractivity contribution in [2.45, 2.75) is 19.3 Å². The second kappa shape index (κ2) is 5.91. The summed E-state index contributed by atoms with van der Waals surface area (Å²) in [5, 5.41) is 11.1. The standard InChI is InChI=1S/C20H18N2/c1-14(11-15-5-7-16(13-21)8-6-15)18-10-9-17-3-2-4-20(22)19(17)12-18/h2-10,12,14H,11,22H2,1H3. The predicted molar refractivity (Wildman–Crippen MR) is 91.6 cm³/mol. The lowest BCUT2D eigenvalue weighted by Crippen LogP contribution is -1.99. The molecule has 1 atom stereocenters. The van der Waals surface area contributed by atoms with Gasteiger partial charge in [-0.25, -0.2) is 0 Å². The van der Waals surface area contributed by atoms with Crippen LogP contribution in [0.15, 0.2) is 60.7 Å². The minimum atomic E-state index is 0.400. The first kappa shape index (κ1) is 14.2. The Morgan fingerprint density at radius 1 is 1.05 bits per heavy atom. The number of benzene rings is 3. The Labute approximate surface area is 130 Å². The summed E-state index contributed by atoms with van der Waals surface area (Å²) in [6.07, 6.45) is 0.948. The molecule has 0 fully saturated rings. The third kappa shape index (κ3) is 2.80. The molecule has 0 amide bonds. The topological polar surface area (TPSA) is 49.8 Å². The maximum atomic E-state index is 8.85. The summed E-state index contributed by atoms with van der Waals surface area (Å²) in [4.78, 5) is 0. The van der Waals surface area contributed by atoms with Crippen molar-refractivity contribution in [1.29, 1.82) is 5.26 Å². The second-order valence-electron chi connectivity index (χ2n) is 5.74. The summed E-state index contributed by atoms with van der Waals surface area (Å²) in [5.41, 5.74) is 10.1. The van der Waals surface area contributed by atoms with E-state index in [1.54, 1.807) is 0 Å². The minimum absolute atomic E-state index is 0.400. The Balaban J connectivity index is 1.86. The predicted octanol–water partition coefficient (Wildman–Crippen LogP) is 4.64. The van der Waals surface area contributed by atoms with Crippen LogP contribution in [0.5, 0.6) is 0 Å². The normalized spacial score (nSPS) is 12.0. The van der Waals surface area contributed by atoms with Gasteiger partial charge in [0.1, 0.15) is 0 Å².